The second-order valence-electron chi connectivity index (χ2n) is 4.21. The van der Waals surface area contributed by atoms with E-state index in [1.165, 1.54) is 22.7 Å². The third kappa shape index (κ3) is 2.04. The summed E-state index contributed by atoms with van der Waals surface area (Å²) in [4.78, 5) is 16.6. The van der Waals surface area contributed by atoms with E-state index in [9.17, 15) is 4.79 Å². The number of fused-ring (bicyclic) bond motifs is 1. The lowest BCUT2D eigenvalue weighted by Crippen LogP contribution is -2.30. The first kappa shape index (κ1) is 11.7. The van der Waals surface area contributed by atoms with E-state index in [1.54, 1.807) is 4.90 Å². The van der Waals surface area contributed by atoms with Gasteiger partial charge in [0.05, 0.1) is 5.75 Å². The van der Waals surface area contributed by atoms with Gasteiger partial charge in [-0.25, -0.2) is 0 Å². The summed E-state index contributed by atoms with van der Waals surface area (Å²) in [5, 5.41) is 1.22. The van der Waals surface area contributed by atoms with Crippen LogP contribution < -0.4 is 0 Å². The maximum absolute atomic E-state index is 11.6. The first-order chi connectivity index (χ1) is 8.75. The van der Waals surface area contributed by atoms with Gasteiger partial charge in [-0.1, -0.05) is 42.2 Å². The fourth-order valence-corrected chi connectivity index (χ4v) is 3.29. The molecule has 1 aliphatic rings. The maximum atomic E-state index is 11.6. The molecule has 0 spiro atoms. The van der Waals surface area contributed by atoms with Crippen molar-refractivity contribution in [3.8, 4) is 0 Å². The van der Waals surface area contributed by atoms with E-state index in [2.05, 4.69) is 17.1 Å². The van der Waals surface area contributed by atoms with Crippen LogP contribution in [0, 0.1) is 0 Å². The van der Waals surface area contributed by atoms with Crippen molar-refractivity contribution in [1.82, 2.24) is 9.88 Å². The molecular weight excluding hydrogens is 264 g/mol. The van der Waals surface area contributed by atoms with Crippen LogP contribution in [0.3, 0.4) is 0 Å². The van der Waals surface area contributed by atoms with E-state index < -0.39 is 0 Å². The van der Waals surface area contributed by atoms with Crippen LogP contribution in [0.4, 0.5) is 0 Å². The van der Waals surface area contributed by atoms with Gasteiger partial charge in [0, 0.05) is 23.6 Å². The number of para-hydroxylation sites is 1. The highest BCUT2D eigenvalue weighted by molar-refractivity contribution is 8.23. The van der Waals surface area contributed by atoms with Crippen LogP contribution in [0.15, 0.2) is 30.5 Å². The number of rotatable bonds is 3. The lowest BCUT2D eigenvalue weighted by Gasteiger charge is -2.14. The highest BCUT2D eigenvalue weighted by Gasteiger charge is 2.26. The highest BCUT2D eigenvalue weighted by Crippen LogP contribution is 2.22. The summed E-state index contributed by atoms with van der Waals surface area (Å²) in [5.41, 5.74) is 2.37. The first-order valence-corrected chi connectivity index (χ1v) is 7.17. The summed E-state index contributed by atoms with van der Waals surface area (Å²) < 4.78 is 0.708. The third-order valence-corrected chi connectivity index (χ3v) is 4.55. The van der Waals surface area contributed by atoms with Crippen molar-refractivity contribution in [2.45, 2.75) is 6.42 Å². The third-order valence-electron chi connectivity index (χ3n) is 3.12. The Hall–Kier alpha value is -1.33. The number of H-pyrrole nitrogens is 1. The largest absolute Gasteiger partial charge is 0.361 e. The number of hydrogen-bond acceptors (Lipinski definition) is 3. The summed E-state index contributed by atoms with van der Waals surface area (Å²) in [6.07, 6.45) is 2.85. The molecule has 3 rings (SSSR count). The van der Waals surface area contributed by atoms with Crippen LogP contribution in [-0.4, -0.2) is 32.4 Å². The fourth-order valence-electron chi connectivity index (χ4n) is 2.17. The molecule has 5 heteroatoms. The van der Waals surface area contributed by atoms with Crippen LogP contribution in [0.25, 0.3) is 10.9 Å². The predicted octanol–water partition coefficient (Wildman–Crippen LogP) is 2.57. The van der Waals surface area contributed by atoms with Gasteiger partial charge in [0.25, 0.3) is 0 Å². The molecule has 3 nitrogen and oxygen atoms in total. The number of hydrogen-bond donors (Lipinski definition) is 1. The summed E-state index contributed by atoms with van der Waals surface area (Å²) in [6.45, 7) is 0.673. The normalized spacial score (nSPS) is 15.9. The van der Waals surface area contributed by atoms with Crippen molar-refractivity contribution in [2.24, 2.45) is 0 Å². The van der Waals surface area contributed by atoms with Gasteiger partial charge in [0.1, 0.15) is 4.32 Å². The molecule has 1 saturated heterocycles. The predicted molar refractivity (Wildman–Crippen MR) is 78.8 cm³/mol. The minimum absolute atomic E-state index is 0.129. The molecule has 1 aromatic carbocycles. The molecular formula is C13H12N2OS2. The summed E-state index contributed by atoms with van der Waals surface area (Å²) in [6, 6.07) is 8.19. The maximum Gasteiger partial charge on any atom is 0.238 e. The van der Waals surface area contributed by atoms with Gasteiger partial charge in [-0.05, 0) is 18.1 Å². The Bertz CT molecular complexity index is 604. The first-order valence-electron chi connectivity index (χ1n) is 5.78. The number of nitrogens with one attached hydrogen (secondary N) is 1. The molecule has 0 radical (unpaired) electrons. The number of aromatic nitrogens is 1. The minimum Gasteiger partial charge on any atom is -0.361 e. The summed E-state index contributed by atoms with van der Waals surface area (Å²) >= 11 is 6.62. The van der Waals surface area contributed by atoms with E-state index in [-0.39, 0.29) is 5.91 Å². The lowest BCUT2D eigenvalue weighted by atomic mass is 10.1. The van der Waals surface area contributed by atoms with Crippen molar-refractivity contribution < 1.29 is 4.79 Å². The molecule has 1 fully saturated rings. The Balaban J connectivity index is 1.77. The van der Waals surface area contributed by atoms with E-state index in [4.69, 9.17) is 12.2 Å². The minimum atomic E-state index is 0.129. The number of aromatic amines is 1. The molecule has 0 atom stereocenters. The quantitative estimate of drug-likeness (QED) is 0.875. The molecule has 2 heterocycles. The second kappa shape index (κ2) is 4.74. The van der Waals surface area contributed by atoms with Crippen molar-refractivity contribution in [3.05, 3.63) is 36.0 Å². The van der Waals surface area contributed by atoms with Crippen LogP contribution in [0.1, 0.15) is 5.56 Å². The average Bonchev–Trinajstić information content (AvgIpc) is 2.93. The van der Waals surface area contributed by atoms with E-state index in [1.807, 2.05) is 18.3 Å². The van der Waals surface area contributed by atoms with E-state index in [0.717, 1.165) is 11.9 Å². The van der Waals surface area contributed by atoms with Crippen molar-refractivity contribution in [2.75, 3.05) is 12.3 Å². The fraction of sp³-hybridized carbons (Fsp3) is 0.231. The number of carbonyl (C=O) groups excluding carboxylic acids is 1. The van der Waals surface area contributed by atoms with Crippen LogP contribution in [0.5, 0.6) is 0 Å². The van der Waals surface area contributed by atoms with Crippen molar-refractivity contribution in [3.63, 3.8) is 0 Å². The smallest absolute Gasteiger partial charge is 0.238 e. The average molecular weight is 276 g/mol. The SMILES string of the molecule is O=C1CSC(=S)N1CCc1c[nH]c2ccccc12. The Morgan fingerprint density at radius 1 is 1.39 bits per heavy atom. The highest BCUT2D eigenvalue weighted by atomic mass is 32.2. The van der Waals surface area contributed by atoms with Crippen molar-refractivity contribution >= 4 is 45.1 Å². The van der Waals surface area contributed by atoms with Gasteiger partial charge in [-0.15, -0.1) is 0 Å². The summed E-state index contributed by atoms with van der Waals surface area (Å²) in [5.74, 6) is 0.622. The second-order valence-corrected chi connectivity index (χ2v) is 5.82. The number of amides is 1. The zero-order valence-electron chi connectivity index (χ0n) is 9.68. The Morgan fingerprint density at radius 2 is 2.22 bits per heavy atom. The standard InChI is InChI=1S/C13H12N2OS2/c16-12-8-18-13(17)15(12)6-5-9-7-14-11-4-2-1-3-10(9)11/h1-4,7,14H,5-6,8H2. The number of thiocarbonyl (C=S) groups is 1. The molecule has 1 N–H and O–H groups in total. The molecule has 0 unspecified atom stereocenters. The van der Waals surface area contributed by atoms with Gasteiger partial charge in [0.2, 0.25) is 5.91 Å². The molecule has 18 heavy (non-hydrogen) atoms. The molecule has 0 bridgehead atoms. The Kier molecular flexibility index (Phi) is 3.09. The molecule has 1 aliphatic heterocycles. The van der Waals surface area contributed by atoms with Crippen LogP contribution in [-0.2, 0) is 11.2 Å². The van der Waals surface area contributed by atoms with Gasteiger partial charge in [-0.3, -0.25) is 9.69 Å². The molecule has 1 aromatic heterocycles. The number of nitrogens with zero attached hydrogens (tertiary/aromatic N) is 1. The topological polar surface area (TPSA) is 36.1 Å². The Labute approximate surface area is 115 Å². The summed E-state index contributed by atoms with van der Waals surface area (Å²) in [7, 11) is 0. The monoisotopic (exact) mass is 276 g/mol. The van der Waals surface area contributed by atoms with Gasteiger partial charge in [0.15, 0.2) is 0 Å². The lowest BCUT2D eigenvalue weighted by molar-refractivity contribution is -0.123. The zero-order valence-corrected chi connectivity index (χ0v) is 11.3. The van der Waals surface area contributed by atoms with Crippen LogP contribution >= 0.6 is 24.0 Å². The van der Waals surface area contributed by atoms with Gasteiger partial charge >= 0.3 is 0 Å². The molecule has 92 valence electrons. The zero-order chi connectivity index (χ0) is 12.5. The molecule has 1 amide bonds. The number of thioether (sulfide) groups is 1. The van der Waals surface area contributed by atoms with E-state index >= 15 is 0 Å². The Morgan fingerprint density at radius 3 is 3.00 bits per heavy atom. The van der Waals surface area contributed by atoms with Gasteiger partial charge in [-0.2, -0.15) is 0 Å². The van der Waals surface area contributed by atoms with Crippen LogP contribution in [0.2, 0.25) is 0 Å². The molecule has 0 saturated carbocycles. The van der Waals surface area contributed by atoms with E-state index in [0.29, 0.717) is 16.6 Å². The number of carbonyl (C=O) groups is 1. The molecule has 2 aromatic rings. The van der Waals surface area contributed by atoms with Crippen molar-refractivity contribution in [1.29, 1.82) is 0 Å². The van der Waals surface area contributed by atoms with Gasteiger partial charge < -0.3 is 4.98 Å². The number of benzene rings is 1. The molecule has 0 aliphatic carbocycles.